The van der Waals surface area contributed by atoms with E-state index in [9.17, 15) is 0 Å². The molecule has 0 amide bonds. The normalized spacial score (nSPS) is 10.9. The summed E-state index contributed by atoms with van der Waals surface area (Å²) in [4.78, 5) is 12.2. The molecule has 4 rings (SSSR count). The minimum atomic E-state index is 0.526. The lowest BCUT2D eigenvalue weighted by molar-refractivity contribution is 1.03. The van der Waals surface area contributed by atoms with Crippen molar-refractivity contribution in [3.63, 3.8) is 0 Å². The number of pyridine rings is 1. The van der Waals surface area contributed by atoms with Crippen LogP contribution in [0.5, 0.6) is 0 Å². The Labute approximate surface area is 146 Å². The molecule has 2 N–H and O–H groups in total. The number of benzene rings is 1. The highest BCUT2D eigenvalue weighted by Gasteiger charge is 2.15. The molecule has 6 nitrogen and oxygen atoms in total. The molecule has 3 aromatic heterocycles. The molecule has 1 aromatic carbocycles. The first-order valence-corrected chi connectivity index (χ1v) is 7.82. The molecule has 0 atom stereocenters. The average Bonchev–Trinajstić information content (AvgIpc) is 3.00. The SMILES string of the molecule is Clc1cccc(Cl)c1-c1nc2c(Nc3cccnn3)nccc2[nH]1. The van der Waals surface area contributed by atoms with E-state index in [0.717, 1.165) is 5.52 Å². The van der Waals surface area contributed by atoms with Crippen LogP contribution >= 0.6 is 23.2 Å². The van der Waals surface area contributed by atoms with Gasteiger partial charge in [0, 0.05) is 12.4 Å². The van der Waals surface area contributed by atoms with Crippen molar-refractivity contribution in [3.8, 4) is 11.4 Å². The Bertz CT molecular complexity index is 995. The van der Waals surface area contributed by atoms with E-state index in [1.165, 1.54) is 0 Å². The lowest BCUT2D eigenvalue weighted by atomic mass is 10.2. The first-order valence-electron chi connectivity index (χ1n) is 7.06. The highest BCUT2D eigenvalue weighted by atomic mass is 35.5. The number of halogens is 2. The zero-order valence-corrected chi connectivity index (χ0v) is 13.7. The monoisotopic (exact) mass is 356 g/mol. The molecule has 0 saturated carbocycles. The van der Waals surface area contributed by atoms with Crippen molar-refractivity contribution in [2.45, 2.75) is 0 Å². The van der Waals surface area contributed by atoms with E-state index in [0.29, 0.717) is 38.6 Å². The fraction of sp³-hybridized carbons (Fsp3) is 0. The molecule has 0 bridgehead atoms. The van der Waals surface area contributed by atoms with Crippen LogP contribution in [0, 0.1) is 0 Å². The van der Waals surface area contributed by atoms with Crippen LogP contribution < -0.4 is 5.32 Å². The largest absolute Gasteiger partial charge is 0.338 e. The van der Waals surface area contributed by atoms with Gasteiger partial charge in [-0.05, 0) is 30.3 Å². The number of nitrogens with zero attached hydrogens (tertiary/aromatic N) is 4. The summed E-state index contributed by atoms with van der Waals surface area (Å²) in [6.45, 7) is 0. The van der Waals surface area contributed by atoms with E-state index in [2.05, 4.69) is 30.5 Å². The zero-order chi connectivity index (χ0) is 16.5. The Hall–Kier alpha value is -2.70. The van der Waals surface area contributed by atoms with Crippen LogP contribution in [0.3, 0.4) is 0 Å². The molecule has 8 heteroatoms. The Morgan fingerprint density at radius 1 is 0.958 bits per heavy atom. The van der Waals surface area contributed by atoms with Crippen molar-refractivity contribution >= 4 is 45.9 Å². The fourth-order valence-corrected chi connectivity index (χ4v) is 2.94. The second kappa shape index (κ2) is 6.07. The van der Waals surface area contributed by atoms with Gasteiger partial charge in [-0.25, -0.2) is 9.97 Å². The summed E-state index contributed by atoms with van der Waals surface area (Å²) in [5, 5.41) is 12.0. The summed E-state index contributed by atoms with van der Waals surface area (Å²) in [6.07, 6.45) is 3.28. The molecule has 0 aliphatic heterocycles. The lowest BCUT2D eigenvalue weighted by Gasteiger charge is -2.03. The number of rotatable bonds is 3. The number of nitrogens with one attached hydrogen (secondary N) is 2. The van der Waals surface area contributed by atoms with Gasteiger partial charge in [-0.15, -0.1) is 5.10 Å². The van der Waals surface area contributed by atoms with Gasteiger partial charge in [0.05, 0.1) is 21.1 Å². The van der Waals surface area contributed by atoms with E-state index in [1.807, 2.05) is 6.07 Å². The molecule has 24 heavy (non-hydrogen) atoms. The van der Waals surface area contributed by atoms with Crippen LogP contribution in [0.4, 0.5) is 11.6 Å². The number of imidazole rings is 1. The molecule has 0 spiro atoms. The molecule has 4 aromatic rings. The molecule has 3 heterocycles. The lowest BCUT2D eigenvalue weighted by Crippen LogP contribution is -1.97. The first kappa shape index (κ1) is 14.9. The van der Waals surface area contributed by atoms with Crippen molar-refractivity contribution in [2.75, 3.05) is 5.32 Å². The van der Waals surface area contributed by atoms with Crippen LogP contribution in [0.1, 0.15) is 0 Å². The van der Waals surface area contributed by atoms with Gasteiger partial charge in [0.2, 0.25) is 0 Å². The number of hydrogen-bond acceptors (Lipinski definition) is 5. The van der Waals surface area contributed by atoms with Crippen LogP contribution in [-0.4, -0.2) is 25.1 Å². The Morgan fingerprint density at radius 3 is 2.54 bits per heavy atom. The molecular formula is C16H10Cl2N6. The van der Waals surface area contributed by atoms with Gasteiger partial charge in [-0.1, -0.05) is 29.3 Å². The molecule has 0 radical (unpaired) electrons. The predicted molar refractivity (Wildman–Crippen MR) is 94.7 cm³/mol. The van der Waals surface area contributed by atoms with E-state index in [1.54, 1.807) is 42.7 Å². The van der Waals surface area contributed by atoms with Gasteiger partial charge < -0.3 is 10.3 Å². The topological polar surface area (TPSA) is 79.4 Å². The van der Waals surface area contributed by atoms with Crippen LogP contribution in [0.25, 0.3) is 22.4 Å². The standard InChI is InChI=1S/C16H10Cl2N6/c17-9-3-1-4-10(18)13(9)15-21-11-6-8-19-16(14(11)23-15)22-12-5-2-7-20-24-12/h1-8H,(H,21,23)(H,19,22,24). The quantitative estimate of drug-likeness (QED) is 0.566. The number of H-pyrrole nitrogens is 1. The third kappa shape index (κ3) is 2.66. The summed E-state index contributed by atoms with van der Waals surface area (Å²) in [5.74, 6) is 1.73. The van der Waals surface area contributed by atoms with Gasteiger partial charge in [0.1, 0.15) is 11.3 Å². The van der Waals surface area contributed by atoms with E-state index in [-0.39, 0.29) is 0 Å². The highest BCUT2D eigenvalue weighted by molar-refractivity contribution is 6.39. The van der Waals surface area contributed by atoms with Gasteiger partial charge >= 0.3 is 0 Å². The van der Waals surface area contributed by atoms with E-state index < -0.39 is 0 Å². The van der Waals surface area contributed by atoms with Crippen molar-refractivity contribution in [1.29, 1.82) is 0 Å². The maximum absolute atomic E-state index is 6.27. The second-order valence-corrected chi connectivity index (χ2v) is 5.79. The molecule has 0 aliphatic carbocycles. The minimum Gasteiger partial charge on any atom is -0.338 e. The smallest absolute Gasteiger partial charge is 0.159 e. The van der Waals surface area contributed by atoms with E-state index in [4.69, 9.17) is 23.2 Å². The third-order valence-electron chi connectivity index (χ3n) is 3.42. The number of fused-ring (bicyclic) bond motifs is 1. The molecule has 118 valence electrons. The van der Waals surface area contributed by atoms with Crippen LogP contribution in [-0.2, 0) is 0 Å². The predicted octanol–water partition coefficient (Wildman–Crippen LogP) is 4.47. The summed E-state index contributed by atoms with van der Waals surface area (Å²) < 4.78 is 0. The Balaban J connectivity index is 1.83. The summed E-state index contributed by atoms with van der Waals surface area (Å²) >= 11 is 12.5. The van der Waals surface area contributed by atoms with Crippen molar-refractivity contribution in [3.05, 3.63) is 58.8 Å². The van der Waals surface area contributed by atoms with Gasteiger partial charge in [-0.2, -0.15) is 5.10 Å². The van der Waals surface area contributed by atoms with Crippen LogP contribution in [0.2, 0.25) is 10.0 Å². The number of aromatic amines is 1. The Morgan fingerprint density at radius 2 is 1.79 bits per heavy atom. The second-order valence-electron chi connectivity index (χ2n) is 4.97. The maximum Gasteiger partial charge on any atom is 0.159 e. The number of hydrogen-bond donors (Lipinski definition) is 2. The molecule has 0 aliphatic rings. The summed E-state index contributed by atoms with van der Waals surface area (Å²) in [7, 11) is 0. The van der Waals surface area contributed by atoms with Gasteiger partial charge in [0.25, 0.3) is 0 Å². The summed E-state index contributed by atoms with van der Waals surface area (Å²) in [6, 6.07) is 10.7. The minimum absolute atomic E-state index is 0.526. The van der Waals surface area contributed by atoms with Gasteiger partial charge in [0.15, 0.2) is 11.6 Å². The molecule has 0 saturated heterocycles. The molecule has 0 fully saturated rings. The first-order chi connectivity index (χ1) is 11.7. The maximum atomic E-state index is 6.27. The zero-order valence-electron chi connectivity index (χ0n) is 12.2. The Kier molecular flexibility index (Phi) is 3.76. The third-order valence-corrected chi connectivity index (χ3v) is 4.05. The van der Waals surface area contributed by atoms with Crippen molar-refractivity contribution in [2.24, 2.45) is 0 Å². The number of aromatic nitrogens is 5. The molecular weight excluding hydrogens is 347 g/mol. The fourth-order valence-electron chi connectivity index (χ4n) is 2.36. The highest BCUT2D eigenvalue weighted by Crippen LogP contribution is 2.34. The van der Waals surface area contributed by atoms with Crippen molar-refractivity contribution < 1.29 is 0 Å². The van der Waals surface area contributed by atoms with Gasteiger partial charge in [-0.3, -0.25) is 0 Å². The number of anilines is 2. The average molecular weight is 357 g/mol. The molecule has 0 unspecified atom stereocenters. The van der Waals surface area contributed by atoms with Crippen molar-refractivity contribution in [1.82, 2.24) is 25.1 Å². The van der Waals surface area contributed by atoms with Crippen LogP contribution in [0.15, 0.2) is 48.8 Å². The van der Waals surface area contributed by atoms with E-state index >= 15 is 0 Å². The summed E-state index contributed by atoms with van der Waals surface area (Å²) in [5.41, 5.74) is 2.12.